The zero-order valence-electron chi connectivity index (χ0n) is 19.6. The lowest BCUT2D eigenvalue weighted by Gasteiger charge is -2.33. The highest BCUT2D eigenvalue weighted by Gasteiger charge is 2.29. The molecule has 0 aromatic heterocycles. The van der Waals surface area contributed by atoms with Crippen LogP contribution in [-0.4, -0.2) is 0 Å². The maximum Gasteiger partial charge on any atom is 0.0163 e. The first-order chi connectivity index (χ1) is 12.5. The lowest BCUT2D eigenvalue weighted by molar-refractivity contribution is 0.249. The largest absolute Gasteiger partial charge is 0.0988 e. The van der Waals surface area contributed by atoms with Gasteiger partial charge in [-0.1, -0.05) is 104 Å². The number of hydrogen-bond acceptors (Lipinski definition) is 0. The Morgan fingerprint density at radius 2 is 1.67 bits per heavy atom. The van der Waals surface area contributed by atoms with E-state index in [1.165, 1.54) is 16.7 Å². The molecule has 0 fully saturated rings. The van der Waals surface area contributed by atoms with Crippen molar-refractivity contribution in [3.63, 3.8) is 0 Å². The first kappa shape index (κ1) is 25.4. The van der Waals surface area contributed by atoms with E-state index < -0.39 is 0 Å². The zero-order valence-corrected chi connectivity index (χ0v) is 19.6. The molecule has 0 spiro atoms. The van der Waals surface area contributed by atoms with E-state index in [2.05, 4.69) is 106 Å². The molecule has 27 heavy (non-hydrogen) atoms. The minimum absolute atomic E-state index is 0.0727. The maximum absolute atomic E-state index is 4.43. The van der Waals surface area contributed by atoms with Gasteiger partial charge in [0.05, 0.1) is 0 Å². The molecular weight excluding hydrogens is 324 g/mol. The second kappa shape index (κ2) is 11.3. The van der Waals surface area contributed by atoms with Crippen molar-refractivity contribution in [1.29, 1.82) is 0 Å². The number of hydrogen-bond donors (Lipinski definition) is 0. The Labute approximate surface area is 170 Å². The van der Waals surface area contributed by atoms with Crippen molar-refractivity contribution in [2.75, 3.05) is 0 Å². The molecule has 0 amide bonds. The molecule has 0 aliphatic heterocycles. The van der Waals surface area contributed by atoms with Crippen LogP contribution < -0.4 is 0 Å². The molecule has 0 rings (SSSR count). The second-order valence-electron chi connectivity index (χ2n) is 8.89. The lowest BCUT2D eigenvalue weighted by Crippen LogP contribution is -2.21. The molecule has 0 radical (unpaired) electrons. The third kappa shape index (κ3) is 7.53. The Morgan fingerprint density at radius 3 is 2.07 bits per heavy atom. The van der Waals surface area contributed by atoms with Crippen molar-refractivity contribution in [3.8, 4) is 0 Å². The monoisotopic (exact) mass is 368 g/mol. The van der Waals surface area contributed by atoms with Crippen molar-refractivity contribution >= 4 is 0 Å². The quantitative estimate of drug-likeness (QED) is 0.319. The van der Waals surface area contributed by atoms with Crippen LogP contribution in [0.4, 0.5) is 0 Å². The zero-order chi connectivity index (χ0) is 21.3. The van der Waals surface area contributed by atoms with Gasteiger partial charge in [0.1, 0.15) is 0 Å². The fourth-order valence-corrected chi connectivity index (χ4v) is 2.90. The first-order valence-corrected chi connectivity index (χ1v) is 10.5. The Morgan fingerprint density at radius 1 is 1.07 bits per heavy atom. The fourth-order valence-electron chi connectivity index (χ4n) is 2.90. The van der Waals surface area contributed by atoms with Crippen LogP contribution in [0.3, 0.4) is 0 Å². The average Bonchev–Trinajstić information content (AvgIpc) is 2.63. The van der Waals surface area contributed by atoms with Gasteiger partial charge in [0.2, 0.25) is 0 Å². The Bertz CT molecular complexity index is 616. The summed E-state index contributed by atoms with van der Waals surface area (Å²) in [4.78, 5) is 0. The number of allylic oxidation sites excluding steroid dienone is 10. The molecular formula is C27H44. The Balaban J connectivity index is 6.02. The van der Waals surface area contributed by atoms with Crippen molar-refractivity contribution in [2.45, 2.75) is 81.6 Å². The van der Waals surface area contributed by atoms with Gasteiger partial charge in [-0.15, -0.1) is 0 Å². The lowest BCUT2D eigenvalue weighted by atomic mass is 9.71. The predicted molar refractivity (Wildman–Crippen MR) is 126 cm³/mol. The molecule has 0 aromatic rings. The van der Waals surface area contributed by atoms with Gasteiger partial charge in [0.15, 0.2) is 0 Å². The van der Waals surface area contributed by atoms with E-state index in [4.69, 9.17) is 0 Å². The van der Waals surface area contributed by atoms with Crippen LogP contribution in [0, 0.1) is 16.7 Å². The molecule has 1 unspecified atom stereocenters. The Hall–Kier alpha value is -1.56. The third-order valence-corrected chi connectivity index (χ3v) is 6.31. The van der Waals surface area contributed by atoms with E-state index >= 15 is 0 Å². The van der Waals surface area contributed by atoms with Gasteiger partial charge in [0.25, 0.3) is 0 Å². The van der Waals surface area contributed by atoms with E-state index in [0.29, 0.717) is 5.92 Å². The summed E-state index contributed by atoms with van der Waals surface area (Å²) >= 11 is 0. The van der Waals surface area contributed by atoms with Crippen molar-refractivity contribution in [2.24, 2.45) is 16.7 Å². The third-order valence-electron chi connectivity index (χ3n) is 6.31. The summed E-state index contributed by atoms with van der Waals surface area (Å²) in [6, 6.07) is 0. The van der Waals surface area contributed by atoms with E-state index in [1.54, 1.807) is 0 Å². The topological polar surface area (TPSA) is 0 Å². The smallest absolute Gasteiger partial charge is 0.0163 e. The molecule has 0 aromatic carbocycles. The van der Waals surface area contributed by atoms with Gasteiger partial charge in [0, 0.05) is 5.41 Å². The molecule has 0 N–H and O–H groups in total. The first-order valence-electron chi connectivity index (χ1n) is 10.5. The number of rotatable bonds is 11. The van der Waals surface area contributed by atoms with Gasteiger partial charge in [-0.05, 0) is 61.2 Å². The van der Waals surface area contributed by atoms with Gasteiger partial charge in [-0.2, -0.15) is 0 Å². The summed E-state index contributed by atoms with van der Waals surface area (Å²) in [6.45, 7) is 28.8. The predicted octanol–water partition coefficient (Wildman–Crippen LogP) is 9.00. The molecule has 152 valence electrons. The van der Waals surface area contributed by atoms with Crippen molar-refractivity contribution < 1.29 is 0 Å². The van der Waals surface area contributed by atoms with Gasteiger partial charge in [-0.3, -0.25) is 0 Å². The minimum atomic E-state index is -0.0727. The molecule has 0 heterocycles. The molecule has 0 saturated carbocycles. The van der Waals surface area contributed by atoms with Crippen LogP contribution in [0.2, 0.25) is 0 Å². The molecule has 0 aliphatic carbocycles. The highest BCUT2D eigenvalue weighted by atomic mass is 14.3. The van der Waals surface area contributed by atoms with Crippen LogP contribution in [0.15, 0.2) is 71.9 Å². The Kier molecular flexibility index (Phi) is 10.7. The van der Waals surface area contributed by atoms with E-state index in [9.17, 15) is 0 Å². The minimum Gasteiger partial charge on any atom is -0.0988 e. The maximum atomic E-state index is 4.43. The van der Waals surface area contributed by atoms with Crippen LogP contribution >= 0.6 is 0 Å². The SMILES string of the molecule is C=C/C(=C\C(=C/CC)C(C)(CC)C(=C)/C=C\C(C)=C/C)CC(C)(C)C(C)C. The molecule has 0 saturated heterocycles. The summed E-state index contributed by atoms with van der Waals surface area (Å²) in [7, 11) is 0. The van der Waals surface area contributed by atoms with Crippen LogP contribution in [0.1, 0.15) is 81.6 Å². The van der Waals surface area contributed by atoms with Gasteiger partial charge < -0.3 is 0 Å². The summed E-state index contributed by atoms with van der Waals surface area (Å²) < 4.78 is 0. The summed E-state index contributed by atoms with van der Waals surface area (Å²) in [5.41, 5.74) is 5.27. The van der Waals surface area contributed by atoms with Crippen molar-refractivity contribution in [3.05, 3.63) is 71.9 Å². The van der Waals surface area contributed by atoms with Gasteiger partial charge >= 0.3 is 0 Å². The van der Waals surface area contributed by atoms with Crippen molar-refractivity contribution in [1.82, 2.24) is 0 Å². The van der Waals surface area contributed by atoms with E-state index in [-0.39, 0.29) is 10.8 Å². The summed E-state index contributed by atoms with van der Waals surface area (Å²) in [6.07, 6.45) is 16.3. The highest BCUT2D eigenvalue weighted by Crippen LogP contribution is 2.42. The molecule has 0 aliphatic rings. The standard InChI is InChI=1S/C27H44/c1-12-16-25(19-24(14-3)20-26(9,10)21(5)6)27(11,15-4)23(8)18-17-22(7)13-2/h13-14,16-19,21H,3,8,12,15,20H2,1-2,4-7,9-11H3/b18-17-,22-13-,24-19+,25-16+. The second-order valence-corrected chi connectivity index (χ2v) is 8.89. The molecule has 0 nitrogen and oxygen atoms in total. The fraction of sp³-hybridized carbons (Fsp3) is 0.556. The summed E-state index contributed by atoms with van der Waals surface area (Å²) in [5.74, 6) is 0.624. The normalized spacial score (nSPS) is 16.7. The average molecular weight is 369 g/mol. The molecule has 0 bridgehead atoms. The highest BCUT2D eigenvalue weighted by molar-refractivity contribution is 5.43. The summed E-state index contributed by atoms with van der Waals surface area (Å²) in [5, 5.41) is 0. The van der Waals surface area contributed by atoms with Crippen LogP contribution in [0.5, 0.6) is 0 Å². The van der Waals surface area contributed by atoms with Crippen LogP contribution in [-0.2, 0) is 0 Å². The van der Waals surface area contributed by atoms with E-state index in [1.807, 2.05) is 6.08 Å². The molecule has 0 heteroatoms. The van der Waals surface area contributed by atoms with Crippen LogP contribution in [0.25, 0.3) is 0 Å². The van der Waals surface area contributed by atoms with E-state index in [0.717, 1.165) is 24.8 Å². The molecule has 1 atom stereocenters. The van der Waals surface area contributed by atoms with Gasteiger partial charge in [-0.25, -0.2) is 0 Å².